The van der Waals surface area contributed by atoms with Gasteiger partial charge in [0.05, 0.1) is 0 Å². The number of halogens is 1. The zero-order chi connectivity index (χ0) is 9.30. The summed E-state index contributed by atoms with van der Waals surface area (Å²) in [4.78, 5) is 11.4. The van der Waals surface area contributed by atoms with Gasteiger partial charge >= 0.3 is 0 Å². The van der Waals surface area contributed by atoms with Gasteiger partial charge in [0.2, 0.25) is 0 Å². The molecule has 12 heavy (non-hydrogen) atoms. The van der Waals surface area contributed by atoms with Crippen molar-refractivity contribution in [1.82, 2.24) is 4.57 Å². The molecule has 1 heterocycles. The smallest absolute Gasteiger partial charge is 0.252 e. The topological polar surface area (TPSA) is 22.0 Å². The van der Waals surface area contributed by atoms with E-state index in [2.05, 4.69) is 15.9 Å². The van der Waals surface area contributed by atoms with Gasteiger partial charge in [-0.15, -0.1) is 0 Å². The standard InChI is InChI=1S/C9H12BrNO/c1-6(2)11-7(3)4-8(10)5-9(11)12/h4-6H,1-3H3. The van der Waals surface area contributed by atoms with Crippen molar-refractivity contribution in [1.29, 1.82) is 0 Å². The summed E-state index contributed by atoms with van der Waals surface area (Å²) in [5.74, 6) is 0. The van der Waals surface area contributed by atoms with Gasteiger partial charge in [0.15, 0.2) is 0 Å². The quantitative estimate of drug-likeness (QED) is 0.726. The third-order valence-electron chi connectivity index (χ3n) is 1.74. The first kappa shape index (κ1) is 9.52. The second-order valence-corrected chi connectivity index (χ2v) is 4.03. The van der Waals surface area contributed by atoms with Crippen molar-refractivity contribution in [2.75, 3.05) is 0 Å². The molecule has 0 saturated carbocycles. The van der Waals surface area contributed by atoms with Crippen molar-refractivity contribution in [3.8, 4) is 0 Å². The van der Waals surface area contributed by atoms with Crippen LogP contribution in [0.25, 0.3) is 0 Å². The van der Waals surface area contributed by atoms with Crippen LogP contribution in [0.4, 0.5) is 0 Å². The van der Waals surface area contributed by atoms with E-state index in [0.717, 1.165) is 10.2 Å². The predicted octanol–water partition coefficient (Wildman–Crippen LogP) is 2.50. The van der Waals surface area contributed by atoms with E-state index in [1.807, 2.05) is 26.8 Å². The molecule has 0 saturated heterocycles. The van der Waals surface area contributed by atoms with Crippen LogP contribution in [0.5, 0.6) is 0 Å². The Morgan fingerprint density at radius 2 is 2.00 bits per heavy atom. The van der Waals surface area contributed by atoms with Crippen molar-refractivity contribution in [3.05, 3.63) is 32.7 Å². The maximum atomic E-state index is 11.4. The second-order valence-electron chi connectivity index (χ2n) is 3.12. The van der Waals surface area contributed by atoms with Gasteiger partial charge in [-0.25, -0.2) is 0 Å². The molecule has 0 amide bonds. The molecule has 66 valence electrons. The highest BCUT2D eigenvalue weighted by Gasteiger charge is 2.04. The van der Waals surface area contributed by atoms with Crippen molar-refractivity contribution in [3.63, 3.8) is 0 Å². The maximum Gasteiger partial charge on any atom is 0.252 e. The van der Waals surface area contributed by atoms with Crippen molar-refractivity contribution in [2.45, 2.75) is 26.8 Å². The molecule has 0 aliphatic carbocycles. The normalized spacial score (nSPS) is 10.8. The average molecular weight is 230 g/mol. The number of aryl methyl sites for hydroxylation is 1. The van der Waals surface area contributed by atoms with Crippen LogP contribution < -0.4 is 5.56 Å². The van der Waals surface area contributed by atoms with E-state index in [1.54, 1.807) is 10.6 Å². The lowest BCUT2D eigenvalue weighted by atomic mass is 10.3. The zero-order valence-corrected chi connectivity index (χ0v) is 9.05. The van der Waals surface area contributed by atoms with E-state index >= 15 is 0 Å². The van der Waals surface area contributed by atoms with Gasteiger partial charge in [0.1, 0.15) is 0 Å². The molecule has 0 N–H and O–H groups in total. The van der Waals surface area contributed by atoms with Crippen molar-refractivity contribution < 1.29 is 0 Å². The Hall–Kier alpha value is -0.570. The van der Waals surface area contributed by atoms with E-state index in [9.17, 15) is 4.79 Å². The number of rotatable bonds is 1. The lowest BCUT2D eigenvalue weighted by Gasteiger charge is -2.13. The average Bonchev–Trinajstić information content (AvgIpc) is 1.82. The highest BCUT2D eigenvalue weighted by molar-refractivity contribution is 9.10. The number of hydrogen-bond acceptors (Lipinski definition) is 1. The van der Waals surface area contributed by atoms with Crippen LogP contribution >= 0.6 is 15.9 Å². The molecule has 0 aliphatic rings. The minimum atomic E-state index is 0.0527. The summed E-state index contributed by atoms with van der Waals surface area (Å²) in [5.41, 5.74) is 1.04. The van der Waals surface area contributed by atoms with E-state index < -0.39 is 0 Å². The molecule has 0 fully saturated rings. The lowest BCUT2D eigenvalue weighted by Crippen LogP contribution is -2.22. The van der Waals surface area contributed by atoms with Gasteiger partial charge in [-0.2, -0.15) is 0 Å². The molecule has 0 aromatic carbocycles. The Bertz CT molecular complexity index is 341. The van der Waals surface area contributed by atoms with Gasteiger partial charge in [-0.05, 0) is 26.8 Å². The Morgan fingerprint density at radius 1 is 1.42 bits per heavy atom. The molecule has 1 aromatic heterocycles. The third-order valence-corrected chi connectivity index (χ3v) is 2.20. The molecule has 3 heteroatoms. The first-order valence-electron chi connectivity index (χ1n) is 3.91. The molecule has 0 spiro atoms. The summed E-state index contributed by atoms with van der Waals surface area (Å²) in [7, 11) is 0. The largest absolute Gasteiger partial charge is 0.310 e. The van der Waals surface area contributed by atoms with Crippen LogP contribution in [-0.4, -0.2) is 4.57 Å². The number of aromatic nitrogens is 1. The summed E-state index contributed by atoms with van der Waals surface area (Å²) in [6.45, 7) is 5.94. The van der Waals surface area contributed by atoms with Crippen LogP contribution in [0.2, 0.25) is 0 Å². The molecule has 1 rings (SSSR count). The number of nitrogens with zero attached hydrogens (tertiary/aromatic N) is 1. The molecule has 0 radical (unpaired) electrons. The fourth-order valence-corrected chi connectivity index (χ4v) is 1.86. The first-order chi connectivity index (χ1) is 5.52. The summed E-state index contributed by atoms with van der Waals surface area (Å²) in [6, 6.07) is 3.76. The molecule has 0 atom stereocenters. The molecule has 2 nitrogen and oxygen atoms in total. The SMILES string of the molecule is Cc1cc(Br)cc(=O)n1C(C)C. The van der Waals surface area contributed by atoms with Gasteiger partial charge < -0.3 is 4.57 Å². The molecular weight excluding hydrogens is 218 g/mol. The minimum Gasteiger partial charge on any atom is -0.310 e. The monoisotopic (exact) mass is 229 g/mol. The summed E-state index contributed by atoms with van der Waals surface area (Å²) < 4.78 is 2.62. The van der Waals surface area contributed by atoms with E-state index in [0.29, 0.717) is 0 Å². The Morgan fingerprint density at radius 3 is 2.42 bits per heavy atom. The van der Waals surface area contributed by atoms with Crippen LogP contribution in [0, 0.1) is 6.92 Å². The van der Waals surface area contributed by atoms with Crippen LogP contribution in [0.15, 0.2) is 21.4 Å². The van der Waals surface area contributed by atoms with Gasteiger partial charge in [-0.1, -0.05) is 15.9 Å². The Kier molecular flexibility index (Phi) is 2.73. The molecule has 1 aromatic rings. The first-order valence-corrected chi connectivity index (χ1v) is 4.70. The summed E-state index contributed by atoms with van der Waals surface area (Å²) in [6.07, 6.45) is 0. The maximum absolute atomic E-state index is 11.4. The zero-order valence-electron chi connectivity index (χ0n) is 7.47. The van der Waals surface area contributed by atoms with E-state index in [1.165, 1.54) is 0 Å². The third kappa shape index (κ3) is 1.78. The lowest BCUT2D eigenvalue weighted by molar-refractivity contribution is 0.562. The number of pyridine rings is 1. The van der Waals surface area contributed by atoms with E-state index in [-0.39, 0.29) is 11.6 Å². The van der Waals surface area contributed by atoms with Crippen molar-refractivity contribution in [2.24, 2.45) is 0 Å². The second kappa shape index (κ2) is 3.44. The fraction of sp³-hybridized carbons (Fsp3) is 0.444. The highest BCUT2D eigenvalue weighted by atomic mass is 79.9. The highest BCUT2D eigenvalue weighted by Crippen LogP contribution is 2.11. The molecule has 0 aliphatic heterocycles. The fourth-order valence-electron chi connectivity index (χ4n) is 1.33. The van der Waals surface area contributed by atoms with Gasteiger partial charge in [0, 0.05) is 22.3 Å². The minimum absolute atomic E-state index is 0.0527. The van der Waals surface area contributed by atoms with Crippen LogP contribution in [0.1, 0.15) is 25.6 Å². The van der Waals surface area contributed by atoms with Gasteiger partial charge in [-0.3, -0.25) is 4.79 Å². The summed E-state index contributed by atoms with van der Waals surface area (Å²) in [5, 5.41) is 0. The molecular formula is C9H12BrNO. The summed E-state index contributed by atoms with van der Waals surface area (Å²) >= 11 is 3.28. The van der Waals surface area contributed by atoms with Crippen LogP contribution in [0.3, 0.4) is 0 Å². The van der Waals surface area contributed by atoms with Crippen LogP contribution in [-0.2, 0) is 0 Å². The molecule has 0 unspecified atom stereocenters. The predicted molar refractivity (Wildman–Crippen MR) is 53.5 cm³/mol. The molecule has 0 bridgehead atoms. The van der Waals surface area contributed by atoms with Gasteiger partial charge in [0.25, 0.3) is 5.56 Å². The Balaban J connectivity index is 3.39. The van der Waals surface area contributed by atoms with E-state index in [4.69, 9.17) is 0 Å². The number of hydrogen-bond donors (Lipinski definition) is 0. The van der Waals surface area contributed by atoms with Crippen molar-refractivity contribution >= 4 is 15.9 Å². The Labute approximate surface area is 80.3 Å².